The molecule has 0 aliphatic heterocycles. The molecule has 13 heteroatoms. The van der Waals surface area contributed by atoms with E-state index in [0.717, 1.165) is 23.2 Å². The average Bonchev–Trinajstić information content (AvgIpc) is 3.47. The van der Waals surface area contributed by atoms with Crippen molar-refractivity contribution >= 4 is 40.4 Å². The van der Waals surface area contributed by atoms with Gasteiger partial charge in [0.25, 0.3) is 5.91 Å². The number of rotatable bonds is 7. The van der Waals surface area contributed by atoms with Gasteiger partial charge in [0.15, 0.2) is 5.78 Å². The summed E-state index contributed by atoms with van der Waals surface area (Å²) < 4.78 is 40.9. The molecule has 0 saturated carbocycles. The number of Topliss-reactive ketones (excluding diaryl/α,β-unsaturated/α-hetero) is 1. The molecular weight excluding hydrogens is 517 g/mol. The van der Waals surface area contributed by atoms with Crippen molar-refractivity contribution in [1.29, 1.82) is 0 Å². The third-order valence-electron chi connectivity index (χ3n) is 5.21. The zero-order valence-corrected chi connectivity index (χ0v) is 20.4. The molecule has 0 aliphatic rings. The highest BCUT2D eigenvalue weighted by Gasteiger charge is 2.34. The molecule has 1 N–H and O–H groups in total. The first-order valence-corrected chi connectivity index (χ1v) is 11.7. The van der Waals surface area contributed by atoms with E-state index in [1.165, 1.54) is 12.4 Å². The lowest BCUT2D eigenvalue weighted by molar-refractivity contribution is -0.137. The van der Waals surface area contributed by atoms with E-state index in [0.29, 0.717) is 22.6 Å². The Balaban J connectivity index is 1.46. The van der Waals surface area contributed by atoms with Gasteiger partial charge in [0.1, 0.15) is 22.2 Å². The number of anilines is 1. The molecule has 1 atom stereocenters. The second kappa shape index (κ2) is 10.2. The fourth-order valence-electron chi connectivity index (χ4n) is 3.45. The fraction of sp³-hybridized carbons (Fsp3) is 0.217. The van der Waals surface area contributed by atoms with Crippen LogP contribution in [0.3, 0.4) is 0 Å². The van der Waals surface area contributed by atoms with Crippen molar-refractivity contribution in [3.05, 3.63) is 81.2 Å². The molecule has 186 valence electrons. The summed E-state index contributed by atoms with van der Waals surface area (Å²) in [6, 6.07) is 4.21. The summed E-state index contributed by atoms with van der Waals surface area (Å²) in [6.07, 6.45) is 2.31. The Morgan fingerprint density at radius 3 is 2.56 bits per heavy atom. The van der Waals surface area contributed by atoms with Gasteiger partial charge in [-0.1, -0.05) is 18.5 Å². The summed E-state index contributed by atoms with van der Waals surface area (Å²) in [4.78, 5) is 42.0. The van der Waals surface area contributed by atoms with E-state index in [4.69, 9.17) is 11.6 Å². The van der Waals surface area contributed by atoms with E-state index < -0.39 is 22.7 Å². The molecule has 1 unspecified atom stereocenters. The van der Waals surface area contributed by atoms with Crippen LogP contribution in [0.15, 0.2) is 49.2 Å². The van der Waals surface area contributed by atoms with E-state index >= 15 is 0 Å². The van der Waals surface area contributed by atoms with Gasteiger partial charge in [-0.3, -0.25) is 19.1 Å². The Bertz CT molecular complexity index is 1420. The van der Waals surface area contributed by atoms with Crippen molar-refractivity contribution in [2.24, 2.45) is 0 Å². The molecule has 0 spiro atoms. The maximum atomic E-state index is 13.1. The third kappa shape index (κ3) is 5.44. The van der Waals surface area contributed by atoms with Crippen molar-refractivity contribution < 1.29 is 22.8 Å². The van der Waals surface area contributed by atoms with Gasteiger partial charge < -0.3 is 5.32 Å². The zero-order chi connectivity index (χ0) is 26.0. The van der Waals surface area contributed by atoms with Crippen LogP contribution >= 0.6 is 22.9 Å². The molecule has 0 fully saturated rings. The number of carbonyl (C=O) groups is 2. The number of aryl methyl sites for hydroxylation is 1. The number of nitrogens with zero attached hydrogens (tertiary/aromatic N) is 5. The number of pyridine rings is 2. The summed E-state index contributed by atoms with van der Waals surface area (Å²) >= 11 is 6.61. The Hall–Kier alpha value is -3.64. The molecule has 4 aromatic heterocycles. The molecule has 4 rings (SSSR count). The highest BCUT2D eigenvalue weighted by molar-refractivity contribution is 7.13. The third-order valence-corrected chi connectivity index (χ3v) is 6.74. The first-order valence-electron chi connectivity index (χ1n) is 10.5. The van der Waals surface area contributed by atoms with E-state index in [2.05, 4.69) is 25.3 Å². The second-order valence-electron chi connectivity index (χ2n) is 7.82. The minimum Gasteiger partial charge on any atom is -0.306 e. The largest absolute Gasteiger partial charge is 0.418 e. The van der Waals surface area contributed by atoms with Crippen LogP contribution in [0.4, 0.5) is 19.0 Å². The molecule has 0 aliphatic carbocycles. The molecule has 36 heavy (non-hydrogen) atoms. The summed E-state index contributed by atoms with van der Waals surface area (Å²) in [5.74, 6) is -0.807. The highest BCUT2D eigenvalue weighted by atomic mass is 35.5. The normalized spacial score (nSPS) is 12.4. The maximum absolute atomic E-state index is 13.1. The van der Waals surface area contributed by atoms with Gasteiger partial charge in [0, 0.05) is 30.9 Å². The number of carbonyl (C=O) groups excluding carboxylic acids is 2. The van der Waals surface area contributed by atoms with Crippen LogP contribution < -0.4 is 5.32 Å². The quantitative estimate of drug-likeness (QED) is 0.304. The van der Waals surface area contributed by atoms with Gasteiger partial charge in [0.2, 0.25) is 0 Å². The minimum absolute atomic E-state index is 0.110. The molecule has 0 radical (unpaired) electrons. The maximum Gasteiger partial charge on any atom is 0.418 e. The number of hydrogen-bond acceptors (Lipinski definition) is 7. The summed E-state index contributed by atoms with van der Waals surface area (Å²) in [6.45, 7) is 3.59. The number of imidazole rings is 1. The molecule has 4 aromatic rings. The number of thiazole rings is 1. The van der Waals surface area contributed by atoms with Crippen molar-refractivity contribution in [3.63, 3.8) is 0 Å². The van der Waals surface area contributed by atoms with Crippen LogP contribution in [-0.4, -0.2) is 36.2 Å². The number of alkyl halides is 3. The van der Waals surface area contributed by atoms with E-state index in [1.807, 2.05) is 0 Å². The SMILES string of the molecule is Cc1ncc(C(=O)CC(C)c2ncc(C(=O)Nc3cc(C(F)(F)F)c(Cl)cn3)s2)n1-c1ccncc1. The Morgan fingerprint density at radius 1 is 1.14 bits per heavy atom. The predicted octanol–water partition coefficient (Wildman–Crippen LogP) is 5.73. The molecule has 8 nitrogen and oxygen atoms in total. The topological polar surface area (TPSA) is 103 Å². The molecule has 1 amide bonds. The summed E-state index contributed by atoms with van der Waals surface area (Å²) in [5.41, 5.74) is 0.0656. The second-order valence-corrected chi connectivity index (χ2v) is 9.29. The highest BCUT2D eigenvalue weighted by Crippen LogP contribution is 2.35. The van der Waals surface area contributed by atoms with Crippen LogP contribution in [0, 0.1) is 6.92 Å². The first-order chi connectivity index (χ1) is 17.0. The number of amides is 1. The Morgan fingerprint density at radius 2 is 1.86 bits per heavy atom. The smallest absolute Gasteiger partial charge is 0.306 e. The van der Waals surface area contributed by atoms with Crippen molar-refractivity contribution in [3.8, 4) is 5.69 Å². The van der Waals surface area contributed by atoms with Gasteiger partial charge in [0.05, 0.1) is 33.7 Å². The standard InChI is InChI=1S/C23H18ClF3N6O2S/c1-12(7-18(34)17-10-29-13(2)33(17)14-3-5-28-6-4-14)22-31-11-19(36-22)21(35)32-20-8-15(23(25,26)27)16(24)9-30-20/h3-6,8-12H,7H2,1-2H3,(H,30,32,35). The van der Waals surface area contributed by atoms with E-state index in [9.17, 15) is 22.8 Å². The number of halogens is 4. The van der Waals surface area contributed by atoms with Crippen molar-refractivity contribution in [1.82, 2.24) is 24.5 Å². The van der Waals surface area contributed by atoms with Crippen LogP contribution in [0.25, 0.3) is 5.69 Å². The van der Waals surface area contributed by atoms with Crippen molar-refractivity contribution in [2.75, 3.05) is 5.32 Å². The van der Waals surface area contributed by atoms with Gasteiger partial charge >= 0.3 is 6.18 Å². The van der Waals surface area contributed by atoms with Crippen LogP contribution in [0.2, 0.25) is 5.02 Å². The molecule has 0 bridgehead atoms. The minimum atomic E-state index is -4.69. The molecular formula is C23H18ClF3N6O2S. The number of nitrogens with one attached hydrogen (secondary N) is 1. The fourth-order valence-corrected chi connectivity index (χ4v) is 4.53. The van der Waals surface area contributed by atoms with Gasteiger partial charge in [-0.25, -0.2) is 15.0 Å². The summed E-state index contributed by atoms with van der Waals surface area (Å²) in [7, 11) is 0. The van der Waals surface area contributed by atoms with Crippen molar-refractivity contribution in [2.45, 2.75) is 32.4 Å². The zero-order valence-electron chi connectivity index (χ0n) is 18.9. The Kier molecular flexibility index (Phi) is 7.18. The lowest BCUT2D eigenvalue weighted by Crippen LogP contribution is -2.13. The van der Waals surface area contributed by atoms with Gasteiger partial charge in [-0.15, -0.1) is 11.3 Å². The predicted molar refractivity (Wildman–Crippen MR) is 128 cm³/mol. The summed E-state index contributed by atoms with van der Waals surface area (Å²) in [5, 5.41) is 2.28. The van der Waals surface area contributed by atoms with Crippen LogP contribution in [-0.2, 0) is 6.18 Å². The monoisotopic (exact) mass is 534 g/mol. The Labute approximate surface area is 212 Å². The number of hydrogen-bond donors (Lipinski definition) is 1. The van der Waals surface area contributed by atoms with E-state index in [-0.39, 0.29) is 28.8 Å². The average molecular weight is 535 g/mol. The van der Waals surface area contributed by atoms with Gasteiger partial charge in [-0.2, -0.15) is 13.2 Å². The van der Waals surface area contributed by atoms with Gasteiger partial charge in [-0.05, 0) is 25.1 Å². The molecule has 0 aromatic carbocycles. The number of ketones is 1. The lowest BCUT2D eigenvalue weighted by Gasteiger charge is -2.11. The molecule has 0 saturated heterocycles. The molecule has 4 heterocycles. The lowest BCUT2D eigenvalue weighted by atomic mass is 10.0. The van der Waals surface area contributed by atoms with E-state index in [1.54, 1.807) is 42.9 Å². The van der Waals surface area contributed by atoms with Crippen LogP contribution in [0.5, 0.6) is 0 Å². The first kappa shape index (κ1) is 25.5. The van der Waals surface area contributed by atoms with Crippen LogP contribution in [0.1, 0.15) is 55.8 Å². The number of aromatic nitrogens is 5.